The fourth-order valence-electron chi connectivity index (χ4n) is 3.73. The molecular formula is C26H22NO3P. The number of rotatable bonds is 5. The van der Waals surface area contributed by atoms with Crippen molar-refractivity contribution < 1.29 is 15.4 Å². The van der Waals surface area contributed by atoms with Crippen molar-refractivity contribution in [3.63, 3.8) is 0 Å². The summed E-state index contributed by atoms with van der Waals surface area (Å²) in [7, 11) is 0. The van der Waals surface area contributed by atoms with Crippen LogP contribution in [-0.4, -0.2) is 26.9 Å². The quantitative estimate of drug-likeness (QED) is 0.195. The molecule has 0 aliphatic carbocycles. The number of oxime groups is 1. The Morgan fingerprint density at radius 3 is 1.48 bits per heavy atom. The van der Waals surface area contributed by atoms with Gasteiger partial charge in [-0.2, -0.15) is 0 Å². The molecule has 0 spiro atoms. The van der Waals surface area contributed by atoms with E-state index in [0.29, 0.717) is 5.56 Å². The van der Waals surface area contributed by atoms with Gasteiger partial charge in [0.25, 0.3) is 0 Å². The van der Waals surface area contributed by atoms with E-state index in [0.717, 1.165) is 15.9 Å². The summed E-state index contributed by atoms with van der Waals surface area (Å²) in [4.78, 5) is 0. The zero-order valence-corrected chi connectivity index (χ0v) is 17.6. The first-order valence-corrected chi connectivity index (χ1v) is 11.7. The summed E-state index contributed by atoms with van der Waals surface area (Å²) in [5, 5.41) is 36.9. The fourth-order valence-corrected chi connectivity index (χ4v) is 7.56. The highest BCUT2D eigenvalue weighted by atomic mass is 31.2. The second-order valence-corrected chi connectivity index (χ2v) is 10.3. The highest BCUT2D eigenvalue weighted by Crippen LogP contribution is 2.44. The largest absolute Gasteiger partial charge is 0.508 e. The molecule has 4 nitrogen and oxygen atoms in total. The summed E-state index contributed by atoms with van der Waals surface area (Å²) < 4.78 is 0. The molecule has 0 aromatic heterocycles. The van der Waals surface area contributed by atoms with Crippen molar-refractivity contribution in [1.29, 1.82) is 0 Å². The van der Waals surface area contributed by atoms with Crippen LogP contribution in [0.4, 0.5) is 0 Å². The van der Waals surface area contributed by atoms with Crippen LogP contribution >= 0.6 is 6.89 Å². The van der Waals surface area contributed by atoms with E-state index in [-0.39, 0.29) is 17.2 Å². The molecule has 154 valence electrons. The maximum absolute atomic E-state index is 10.4. The molecule has 5 heteroatoms. The topological polar surface area (TPSA) is 73.1 Å². The van der Waals surface area contributed by atoms with Crippen molar-refractivity contribution in [2.24, 2.45) is 5.16 Å². The zero-order valence-electron chi connectivity index (χ0n) is 16.7. The van der Waals surface area contributed by atoms with Crippen molar-refractivity contribution in [3.05, 3.63) is 115 Å². The normalized spacial score (nSPS) is 11.8. The zero-order chi connectivity index (χ0) is 21.7. The Hall–Kier alpha value is -3.75. The highest BCUT2D eigenvalue weighted by molar-refractivity contribution is 7.95. The van der Waals surface area contributed by atoms with Crippen LogP contribution in [-0.2, 0) is 0 Å². The van der Waals surface area contributed by atoms with Gasteiger partial charge in [-0.15, -0.1) is 0 Å². The van der Waals surface area contributed by atoms with Gasteiger partial charge in [-0.3, -0.25) is 0 Å². The molecule has 4 aromatic rings. The Kier molecular flexibility index (Phi) is 5.92. The Balaban J connectivity index is 2.11. The Morgan fingerprint density at radius 1 is 0.645 bits per heavy atom. The molecule has 0 radical (unpaired) electrons. The average Bonchev–Trinajstić information content (AvgIpc) is 2.82. The average molecular weight is 427 g/mol. The summed E-state index contributed by atoms with van der Waals surface area (Å²) in [6, 6.07) is 34.6. The van der Waals surface area contributed by atoms with E-state index in [1.807, 2.05) is 60.4 Å². The molecule has 0 bridgehead atoms. The molecule has 0 saturated carbocycles. The number of benzene rings is 4. The molecule has 0 atom stereocenters. The molecule has 0 fully saturated rings. The summed E-state index contributed by atoms with van der Waals surface area (Å²) in [5.74, 6) is 1.74. The van der Waals surface area contributed by atoms with Crippen molar-refractivity contribution in [3.8, 4) is 11.5 Å². The molecule has 0 amide bonds. The van der Waals surface area contributed by atoms with Crippen LogP contribution in [0.1, 0.15) is 5.56 Å². The van der Waals surface area contributed by atoms with Crippen LogP contribution < -0.4 is 15.9 Å². The summed E-state index contributed by atoms with van der Waals surface area (Å²) in [6.45, 7) is -2.41. The van der Waals surface area contributed by atoms with E-state index < -0.39 is 6.89 Å². The summed E-state index contributed by atoms with van der Waals surface area (Å²) in [5.41, 5.74) is 0.579. The predicted molar refractivity (Wildman–Crippen MR) is 129 cm³/mol. The monoisotopic (exact) mass is 427 g/mol. The molecule has 0 saturated heterocycles. The van der Waals surface area contributed by atoms with Crippen LogP contribution in [0.15, 0.2) is 114 Å². The number of nitrogens with zero attached hydrogens (tertiary/aromatic N) is 1. The van der Waals surface area contributed by atoms with Crippen molar-refractivity contribution in [2.45, 2.75) is 0 Å². The predicted octanol–water partition coefficient (Wildman–Crippen LogP) is 4.07. The second-order valence-electron chi connectivity index (χ2n) is 7.05. The van der Waals surface area contributed by atoms with Gasteiger partial charge in [0.15, 0.2) is 0 Å². The third kappa shape index (κ3) is 3.98. The molecule has 3 N–H and O–H groups in total. The first kappa shape index (κ1) is 20.5. The summed E-state index contributed by atoms with van der Waals surface area (Å²) >= 11 is 0. The Morgan fingerprint density at radius 2 is 1.10 bits per heavy atom. The van der Waals surface area contributed by atoms with Gasteiger partial charge in [0.05, 0.1) is 0 Å². The molecule has 0 aliphatic rings. The maximum atomic E-state index is 10.4. The smallest absolute Gasteiger partial charge is 0.128 e. The van der Waals surface area contributed by atoms with Crippen LogP contribution in [0, 0.1) is 0 Å². The van der Waals surface area contributed by atoms with E-state index in [9.17, 15) is 15.4 Å². The van der Waals surface area contributed by atoms with Gasteiger partial charge in [-0.1, -0.05) is 96.2 Å². The van der Waals surface area contributed by atoms with Crippen LogP contribution in [0.25, 0.3) is 0 Å². The fraction of sp³-hybridized carbons (Fsp3) is 0. The van der Waals surface area contributed by atoms with Gasteiger partial charge in [0, 0.05) is 11.6 Å². The van der Waals surface area contributed by atoms with Crippen molar-refractivity contribution >= 4 is 34.3 Å². The Labute approximate surface area is 181 Å². The van der Waals surface area contributed by atoms with E-state index in [4.69, 9.17) is 0 Å². The Bertz CT molecular complexity index is 1150. The first-order chi connectivity index (χ1) is 15.1. The van der Waals surface area contributed by atoms with Crippen LogP contribution in [0.5, 0.6) is 11.5 Å². The molecule has 0 aliphatic heterocycles. The number of phenols is 2. The lowest BCUT2D eigenvalue weighted by Crippen LogP contribution is -2.28. The number of hydrogen-bond donors (Lipinski definition) is 3. The third-order valence-electron chi connectivity index (χ3n) is 5.17. The SMILES string of the molecule is O/N=C(/C=P(c1ccccc1)(c1ccccc1)c1ccccc1)c1ccc(O)cc1O. The van der Waals surface area contributed by atoms with Gasteiger partial charge >= 0.3 is 0 Å². The molecule has 0 unspecified atom stereocenters. The third-order valence-corrected chi connectivity index (χ3v) is 9.14. The van der Waals surface area contributed by atoms with Gasteiger partial charge < -0.3 is 15.4 Å². The molecule has 4 aromatic carbocycles. The number of hydrogen-bond acceptors (Lipinski definition) is 4. The lowest BCUT2D eigenvalue weighted by atomic mass is 10.1. The number of phenolic OH excluding ortho intramolecular Hbond substituents is 2. The maximum Gasteiger partial charge on any atom is 0.128 e. The minimum atomic E-state index is -2.41. The number of aromatic hydroxyl groups is 2. The van der Waals surface area contributed by atoms with E-state index in [2.05, 4.69) is 41.6 Å². The lowest BCUT2D eigenvalue weighted by Gasteiger charge is -2.29. The van der Waals surface area contributed by atoms with Crippen molar-refractivity contribution in [1.82, 2.24) is 0 Å². The standard InChI is InChI=1S/C26H22NO3P/c28-20-16-17-24(26(29)18-20)25(27-30)19-31(21-10-4-1-5-11-21,22-12-6-2-7-13-22)23-14-8-3-9-15-23/h1-19,28-30H/b27-25-. The minimum Gasteiger partial charge on any atom is -0.508 e. The molecule has 31 heavy (non-hydrogen) atoms. The molecule has 0 heterocycles. The van der Waals surface area contributed by atoms with Crippen LogP contribution in [0.2, 0.25) is 0 Å². The summed E-state index contributed by atoms with van der Waals surface area (Å²) in [6.07, 6.45) is 0. The van der Waals surface area contributed by atoms with E-state index >= 15 is 0 Å². The van der Waals surface area contributed by atoms with Crippen LogP contribution in [0.3, 0.4) is 0 Å². The van der Waals surface area contributed by atoms with Gasteiger partial charge in [0.2, 0.25) is 0 Å². The molecule has 4 rings (SSSR count). The first-order valence-electron chi connectivity index (χ1n) is 9.81. The van der Waals surface area contributed by atoms with E-state index in [1.165, 1.54) is 12.1 Å². The highest BCUT2D eigenvalue weighted by Gasteiger charge is 2.26. The van der Waals surface area contributed by atoms with Gasteiger partial charge in [0.1, 0.15) is 17.2 Å². The van der Waals surface area contributed by atoms with Gasteiger partial charge in [-0.25, -0.2) is 0 Å². The second kappa shape index (κ2) is 8.95. The minimum absolute atomic E-state index is 0.0613. The lowest BCUT2D eigenvalue weighted by molar-refractivity contribution is 0.320. The van der Waals surface area contributed by atoms with E-state index in [1.54, 1.807) is 6.07 Å². The molecular weight excluding hydrogens is 405 g/mol. The van der Waals surface area contributed by atoms with Crippen molar-refractivity contribution in [2.75, 3.05) is 0 Å². The van der Waals surface area contributed by atoms with Gasteiger partial charge in [-0.05, 0) is 40.7 Å².